The molecule has 4 heterocycles. The van der Waals surface area contributed by atoms with E-state index in [9.17, 15) is 13.2 Å². The molecule has 0 spiro atoms. The number of thiophene rings is 1. The molecule has 5 rings (SSSR count). The summed E-state index contributed by atoms with van der Waals surface area (Å²) in [6, 6.07) is 11.2. The van der Waals surface area contributed by atoms with Crippen LogP contribution in [0.15, 0.2) is 53.0 Å². The van der Waals surface area contributed by atoms with Crippen molar-refractivity contribution in [3.8, 4) is 0 Å². The molecular formula is C21H21N5O3S2. The Morgan fingerprint density at radius 1 is 1.13 bits per heavy atom. The lowest BCUT2D eigenvalue weighted by molar-refractivity contribution is -0.134. The number of carbonyl (C=O) groups is 1. The first-order chi connectivity index (χ1) is 14.9. The van der Waals surface area contributed by atoms with Gasteiger partial charge in [-0.05, 0) is 35.2 Å². The Morgan fingerprint density at radius 2 is 2.00 bits per heavy atom. The third-order valence-corrected chi connectivity index (χ3v) is 8.91. The van der Waals surface area contributed by atoms with Gasteiger partial charge in [-0.25, -0.2) is 8.42 Å². The summed E-state index contributed by atoms with van der Waals surface area (Å²) >= 11 is 1.21. The summed E-state index contributed by atoms with van der Waals surface area (Å²) < 4.78 is 28.7. The van der Waals surface area contributed by atoms with Gasteiger partial charge in [-0.1, -0.05) is 12.1 Å². The van der Waals surface area contributed by atoms with Crippen LogP contribution in [0.25, 0.3) is 21.0 Å². The Labute approximate surface area is 183 Å². The molecule has 1 aliphatic rings. The SMILES string of the molecule is NCc1ccc2cc(S(=O)(=O)N3CCN(Cc4cc5cnccc5[nH]4)C(=O)C3)sc2c1. The van der Waals surface area contributed by atoms with Crippen LogP contribution in [0.5, 0.6) is 0 Å². The maximum absolute atomic E-state index is 13.2. The summed E-state index contributed by atoms with van der Waals surface area (Å²) in [7, 11) is -3.74. The fourth-order valence-corrected chi connectivity index (χ4v) is 6.81. The van der Waals surface area contributed by atoms with Crippen LogP contribution in [0.1, 0.15) is 11.3 Å². The Balaban J connectivity index is 1.32. The van der Waals surface area contributed by atoms with Gasteiger partial charge in [-0.2, -0.15) is 4.31 Å². The van der Waals surface area contributed by atoms with Gasteiger partial charge in [-0.3, -0.25) is 9.78 Å². The second-order valence-corrected chi connectivity index (χ2v) is 10.8. The summed E-state index contributed by atoms with van der Waals surface area (Å²) in [6.07, 6.45) is 3.48. The molecule has 3 N–H and O–H groups in total. The minimum atomic E-state index is -3.74. The highest BCUT2D eigenvalue weighted by molar-refractivity contribution is 7.91. The number of nitrogens with two attached hydrogens (primary N) is 1. The van der Waals surface area contributed by atoms with E-state index in [1.807, 2.05) is 30.3 Å². The summed E-state index contributed by atoms with van der Waals surface area (Å²) in [5, 5.41) is 1.84. The number of nitrogens with one attached hydrogen (secondary N) is 1. The molecule has 0 radical (unpaired) electrons. The van der Waals surface area contributed by atoms with Crippen molar-refractivity contribution >= 4 is 48.3 Å². The highest BCUT2D eigenvalue weighted by Crippen LogP contribution is 2.32. The average molecular weight is 456 g/mol. The number of carbonyl (C=O) groups excluding carboxylic acids is 1. The van der Waals surface area contributed by atoms with Crippen molar-refractivity contribution in [2.45, 2.75) is 17.3 Å². The fraction of sp³-hybridized carbons (Fsp3) is 0.238. The molecule has 31 heavy (non-hydrogen) atoms. The number of nitrogens with zero attached hydrogens (tertiary/aromatic N) is 3. The zero-order valence-electron chi connectivity index (χ0n) is 16.6. The molecule has 10 heteroatoms. The van der Waals surface area contributed by atoms with Gasteiger partial charge in [0.1, 0.15) is 4.21 Å². The maximum Gasteiger partial charge on any atom is 0.253 e. The van der Waals surface area contributed by atoms with E-state index in [-0.39, 0.29) is 23.2 Å². The molecule has 0 bridgehead atoms. The third-order valence-electron chi connectivity index (χ3n) is 5.51. The van der Waals surface area contributed by atoms with Crippen LogP contribution in [-0.4, -0.2) is 53.1 Å². The monoisotopic (exact) mass is 455 g/mol. The van der Waals surface area contributed by atoms with Crippen molar-refractivity contribution in [2.75, 3.05) is 19.6 Å². The number of sulfonamides is 1. The number of amides is 1. The number of piperazine rings is 1. The fourth-order valence-electron chi connectivity index (χ4n) is 3.81. The zero-order chi connectivity index (χ0) is 21.6. The second kappa shape index (κ2) is 7.72. The molecule has 0 atom stereocenters. The minimum absolute atomic E-state index is 0.160. The number of rotatable bonds is 5. The van der Waals surface area contributed by atoms with Crippen LogP contribution in [0.4, 0.5) is 0 Å². The summed E-state index contributed by atoms with van der Waals surface area (Å²) in [6.45, 7) is 1.25. The van der Waals surface area contributed by atoms with Crippen molar-refractivity contribution in [2.24, 2.45) is 5.73 Å². The zero-order valence-corrected chi connectivity index (χ0v) is 18.2. The van der Waals surface area contributed by atoms with Crippen molar-refractivity contribution < 1.29 is 13.2 Å². The molecule has 160 valence electrons. The van der Waals surface area contributed by atoms with Gasteiger partial charge in [0.25, 0.3) is 10.0 Å². The first kappa shape index (κ1) is 20.1. The molecule has 0 aliphatic carbocycles. The van der Waals surface area contributed by atoms with Crippen LogP contribution < -0.4 is 5.73 Å². The smallest absolute Gasteiger partial charge is 0.253 e. The molecule has 1 fully saturated rings. The number of fused-ring (bicyclic) bond motifs is 2. The van der Waals surface area contributed by atoms with Gasteiger partial charge < -0.3 is 15.6 Å². The van der Waals surface area contributed by atoms with Gasteiger partial charge in [-0.15, -0.1) is 11.3 Å². The summed E-state index contributed by atoms with van der Waals surface area (Å²) in [5.74, 6) is -0.210. The number of aromatic amines is 1. The predicted molar refractivity (Wildman–Crippen MR) is 120 cm³/mol. The molecule has 0 saturated carbocycles. The van der Waals surface area contributed by atoms with Crippen LogP contribution in [-0.2, 0) is 27.9 Å². The number of H-pyrrole nitrogens is 1. The lowest BCUT2D eigenvalue weighted by Gasteiger charge is -2.33. The normalized spacial score (nSPS) is 15.9. The quantitative estimate of drug-likeness (QED) is 0.479. The molecule has 0 unspecified atom stereocenters. The number of pyridine rings is 1. The molecule has 1 amide bonds. The van der Waals surface area contributed by atoms with Crippen LogP contribution in [0, 0.1) is 0 Å². The Kier molecular flexibility index (Phi) is 5.01. The van der Waals surface area contributed by atoms with Gasteiger partial charge in [0, 0.05) is 53.3 Å². The van der Waals surface area contributed by atoms with E-state index in [1.54, 1.807) is 23.4 Å². The Bertz CT molecular complexity index is 1360. The van der Waals surface area contributed by atoms with Crippen molar-refractivity contribution in [3.63, 3.8) is 0 Å². The third kappa shape index (κ3) is 3.72. The molecule has 1 aromatic carbocycles. The van der Waals surface area contributed by atoms with Gasteiger partial charge in [0.15, 0.2) is 0 Å². The van der Waals surface area contributed by atoms with Crippen molar-refractivity contribution in [1.82, 2.24) is 19.2 Å². The Hall–Kier alpha value is -2.79. The first-order valence-corrected chi connectivity index (χ1v) is 12.1. The molecule has 3 aromatic heterocycles. The number of hydrogen-bond acceptors (Lipinski definition) is 6. The van der Waals surface area contributed by atoms with E-state index in [1.165, 1.54) is 15.6 Å². The van der Waals surface area contributed by atoms with Gasteiger partial charge in [0.2, 0.25) is 5.91 Å². The van der Waals surface area contributed by atoms with Gasteiger partial charge in [0.05, 0.1) is 13.1 Å². The van der Waals surface area contributed by atoms with Crippen LogP contribution >= 0.6 is 11.3 Å². The maximum atomic E-state index is 13.2. The van der Waals surface area contributed by atoms with Gasteiger partial charge >= 0.3 is 0 Å². The molecular weight excluding hydrogens is 434 g/mol. The molecule has 1 saturated heterocycles. The minimum Gasteiger partial charge on any atom is -0.357 e. The lowest BCUT2D eigenvalue weighted by Crippen LogP contribution is -2.51. The van der Waals surface area contributed by atoms with Crippen LogP contribution in [0.2, 0.25) is 0 Å². The average Bonchev–Trinajstić information content (AvgIpc) is 3.38. The van der Waals surface area contributed by atoms with E-state index >= 15 is 0 Å². The standard InChI is InChI=1S/C21H21N5O3S2/c22-10-14-1-2-15-9-21(30-19(15)7-14)31(28,29)26-6-5-25(20(27)13-26)12-17-8-16-11-23-4-3-18(16)24-17/h1-4,7-9,11,24H,5-6,10,12-13,22H2. The highest BCUT2D eigenvalue weighted by Gasteiger charge is 2.34. The predicted octanol–water partition coefficient (Wildman–Crippen LogP) is 2.27. The first-order valence-electron chi connectivity index (χ1n) is 9.86. The topological polar surface area (TPSA) is 112 Å². The van der Waals surface area contributed by atoms with E-state index in [4.69, 9.17) is 5.73 Å². The Morgan fingerprint density at radius 3 is 2.77 bits per heavy atom. The number of aromatic nitrogens is 2. The van der Waals surface area contributed by atoms with E-state index in [0.29, 0.717) is 19.6 Å². The second-order valence-electron chi connectivity index (χ2n) is 7.55. The highest BCUT2D eigenvalue weighted by atomic mass is 32.2. The molecule has 4 aromatic rings. The number of benzene rings is 1. The molecule has 1 aliphatic heterocycles. The van der Waals surface area contributed by atoms with E-state index < -0.39 is 10.0 Å². The van der Waals surface area contributed by atoms with E-state index in [0.717, 1.165) is 32.2 Å². The van der Waals surface area contributed by atoms with Crippen molar-refractivity contribution in [3.05, 3.63) is 60.0 Å². The number of hydrogen-bond donors (Lipinski definition) is 2. The van der Waals surface area contributed by atoms with Crippen LogP contribution in [0.3, 0.4) is 0 Å². The lowest BCUT2D eigenvalue weighted by atomic mass is 10.2. The summed E-state index contributed by atoms with van der Waals surface area (Å²) in [5.41, 5.74) is 8.50. The largest absolute Gasteiger partial charge is 0.357 e. The van der Waals surface area contributed by atoms with Crippen molar-refractivity contribution in [1.29, 1.82) is 0 Å². The molecule has 8 nitrogen and oxygen atoms in total. The summed E-state index contributed by atoms with van der Waals surface area (Å²) in [4.78, 5) is 21.8. The van der Waals surface area contributed by atoms with E-state index in [2.05, 4.69) is 9.97 Å².